The monoisotopic (exact) mass is 265 g/mol. The molecule has 0 fully saturated rings. The van der Waals surface area contributed by atoms with Crippen LogP contribution < -0.4 is 11.1 Å². The molecule has 0 aliphatic carbocycles. The summed E-state index contributed by atoms with van der Waals surface area (Å²) < 4.78 is 13.1. The van der Waals surface area contributed by atoms with Crippen molar-refractivity contribution in [3.8, 4) is 0 Å². The van der Waals surface area contributed by atoms with Gasteiger partial charge in [-0.2, -0.15) is 15.4 Å². The van der Waals surface area contributed by atoms with Gasteiger partial charge in [-0.25, -0.2) is 4.39 Å². The van der Waals surface area contributed by atoms with Gasteiger partial charge in [-0.05, 0) is 18.2 Å². The van der Waals surface area contributed by atoms with Crippen LogP contribution in [0.4, 0.5) is 10.1 Å². The fourth-order valence-corrected chi connectivity index (χ4v) is 1.50. The highest BCUT2D eigenvalue weighted by molar-refractivity contribution is 7.80. The predicted molar refractivity (Wildman–Crippen MR) is 66.6 cm³/mol. The molecule has 0 aliphatic rings. The number of carbonyl (C=O) groups is 1. The Labute approximate surface area is 106 Å². The van der Waals surface area contributed by atoms with Crippen LogP contribution in [0.5, 0.6) is 0 Å². The average Bonchev–Trinajstić information content (AvgIpc) is 2.84. The molecule has 1 amide bonds. The molecule has 0 spiro atoms. The maximum absolute atomic E-state index is 13.1. The molecule has 2 aromatic rings. The molecule has 0 saturated heterocycles. The number of hydrogen-bond acceptors (Lipinski definition) is 4. The number of nitrogens with one attached hydrogen (secondary N) is 2. The van der Waals surface area contributed by atoms with Crippen LogP contribution in [0, 0.1) is 5.82 Å². The Balaban J connectivity index is 2.29. The summed E-state index contributed by atoms with van der Waals surface area (Å²) in [7, 11) is 0. The third-order valence-corrected chi connectivity index (χ3v) is 2.36. The molecule has 92 valence electrons. The summed E-state index contributed by atoms with van der Waals surface area (Å²) in [6.45, 7) is 0. The predicted octanol–water partition coefficient (Wildman–Crippen LogP) is 0.830. The van der Waals surface area contributed by atoms with E-state index >= 15 is 0 Å². The molecule has 8 heteroatoms. The number of anilines is 1. The second-order valence-corrected chi connectivity index (χ2v) is 3.80. The van der Waals surface area contributed by atoms with Crippen molar-refractivity contribution >= 4 is 28.8 Å². The zero-order valence-electron chi connectivity index (χ0n) is 8.98. The van der Waals surface area contributed by atoms with E-state index in [9.17, 15) is 9.18 Å². The van der Waals surface area contributed by atoms with Gasteiger partial charge in [0.1, 0.15) is 10.8 Å². The van der Waals surface area contributed by atoms with Gasteiger partial charge in [0.15, 0.2) is 5.69 Å². The van der Waals surface area contributed by atoms with Crippen molar-refractivity contribution < 1.29 is 9.18 Å². The van der Waals surface area contributed by atoms with E-state index in [1.165, 1.54) is 18.3 Å². The maximum atomic E-state index is 13.1. The Bertz CT molecular complexity index is 598. The molecule has 0 saturated carbocycles. The summed E-state index contributed by atoms with van der Waals surface area (Å²) >= 11 is 4.79. The summed E-state index contributed by atoms with van der Waals surface area (Å²) in [5.41, 5.74) is 6.13. The molecular formula is C10H8FN5OS. The number of rotatable bonds is 3. The van der Waals surface area contributed by atoms with Crippen LogP contribution in [0.2, 0.25) is 0 Å². The summed E-state index contributed by atoms with van der Waals surface area (Å²) in [4.78, 5) is 11.7. The second-order valence-electron chi connectivity index (χ2n) is 3.36. The Morgan fingerprint density at radius 1 is 1.50 bits per heavy atom. The van der Waals surface area contributed by atoms with Gasteiger partial charge in [0.05, 0.1) is 11.9 Å². The van der Waals surface area contributed by atoms with E-state index in [1.807, 2.05) is 0 Å². The number of halogens is 1. The number of aromatic nitrogens is 3. The molecule has 6 nitrogen and oxygen atoms in total. The second kappa shape index (κ2) is 4.88. The van der Waals surface area contributed by atoms with Gasteiger partial charge in [-0.15, -0.1) is 0 Å². The number of carbonyl (C=O) groups excluding carboxylic acids is 1. The van der Waals surface area contributed by atoms with E-state index in [0.717, 1.165) is 6.07 Å². The molecule has 4 N–H and O–H groups in total. The minimum atomic E-state index is -0.493. The van der Waals surface area contributed by atoms with E-state index in [-0.39, 0.29) is 16.2 Å². The minimum Gasteiger partial charge on any atom is -0.389 e. The van der Waals surface area contributed by atoms with E-state index in [2.05, 4.69) is 20.7 Å². The van der Waals surface area contributed by atoms with Gasteiger partial charge in [-0.1, -0.05) is 12.2 Å². The average molecular weight is 265 g/mol. The third-order valence-electron chi connectivity index (χ3n) is 2.14. The molecular weight excluding hydrogens is 257 g/mol. The van der Waals surface area contributed by atoms with Crippen molar-refractivity contribution in [1.82, 2.24) is 15.4 Å². The van der Waals surface area contributed by atoms with Crippen LogP contribution in [0.25, 0.3) is 0 Å². The molecule has 0 bridgehead atoms. The van der Waals surface area contributed by atoms with Crippen LogP contribution in [0.15, 0.2) is 24.4 Å². The van der Waals surface area contributed by atoms with E-state index in [0.29, 0.717) is 5.69 Å². The third kappa shape index (κ3) is 2.48. The number of amides is 1. The number of thiocarbonyl (C=S) groups is 1. The molecule has 2 rings (SSSR count). The van der Waals surface area contributed by atoms with E-state index in [1.54, 1.807) is 0 Å². The highest BCUT2D eigenvalue weighted by atomic mass is 32.1. The molecule has 1 aromatic heterocycles. The zero-order chi connectivity index (χ0) is 13.1. The quantitative estimate of drug-likeness (QED) is 0.714. The van der Waals surface area contributed by atoms with Crippen molar-refractivity contribution in [2.45, 2.75) is 0 Å². The number of hydrogen-bond donors (Lipinski definition) is 3. The number of benzene rings is 1. The van der Waals surface area contributed by atoms with Crippen molar-refractivity contribution in [3.05, 3.63) is 41.5 Å². The first-order valence-corrected chi connectivity index (χ1v) is 5.25. The molecule has 0 unspecified atom stereocenters. The lowest BCUT2D eigenvalue weighted by Gasteiger charge is -2.08. The Hall–Kier alpha value is -2.35. The van der Waals surface area contributed by atoms with Gasteiger partial charge in [-0.3, -0.25) is 4.79 Å². The van der Waals surface area contributed by atoms with Gasteiger partial charge < -0.3 is 11.1 Å². The molecule has 1 heterocycles. The largest absolute Gasteiger partial charge is 0.389 e. The highest BCUT2D eigenvalue weighted by Crippen LogP contribution is 2.17. The molecule has 0 atom stereocenters. The van der Waals surface area contributed by atoms with Crippen molar-refractivity contribution in [1.29, 1.82) is 0 Å². The summed E-state index contributed by atoms with van der Waals surface area (Å²) in [5, 5.41) is 12.0. The van der Waals surface area contributed by atoms with Crippen LogP contribution >= 0.6 is 12.2 Å². The number of nitrogens with two attached hydrogens (primary N) is 1. The van der Waals surface area contributed by atoms with Crippen LogP contribution in [-0.2, 0) is 0 Å². The molecule has 0 radical (unpaired) electrons. The Kier molecular flexibility index (Phi) is 3.28. The summed E-state index contributed by atoms with van der Waals surface area (Å²) in [5.74, 6) is -0.981. The molecule has 18 heavy (non-hydrogen) atoms. The normalized spacial score (nSPS) is 10.1. The number of aromatic amines is 1. The van der Waals surface area contributed by atoms with Crippen LogP contribution in [-0.4, -0.2) is 26.3 Å². The van der Waals surface area contributed by atoms with Gasteiger partial charge in [0.2, 0.25) is 0 Å². The summed E-state index contributed by atoms with van der Waals surface area (Å²) in [6, 6.07) is 3.72. The van der Waals surface area contributed by atoms with E-state index < -0.39 is 11.7 Å². The standard InChI is InChI=1S/C10H8FN5OS/c11-5-1-2-7(6(3-5)9(12)18)14-10(17)8-4-13-16-15-8/h1-4H,(H2,12,18)(H,14,17)(H,13,15,16). The van der Waals surface area contributed by atoms with Crippen molar-refractivity contribution in [2.24, 2.45) is 5.73 Å². The van der Waals surface area contributed by atoms with Crippen LogP contribution in [0.1, 0.15) is 16.1 Å². The zero-order valence-corrected chi connectivity index (χ0v) is 9.79. The number of nitrogens with zero attached hydrogens (tertiary/aromatic N) is 2. The van der Waals surface area contributed by atoms with Crippen molar-refractivity contribution in [3.63, 3.8) is 0 Å². The van der Waals surface area contributed by atoms with E-state index in [4.69, 9.17) is 18.0 Å². The maximum Gasteiger partial charge on any atom is 0.277 e. The van der Waals surface area contributed by atoms with Crippen LogP contribution in [0.3, 0.4) is 0 Å². The smallest absolute Gasteiger partial charge is 0.277 e. The Morgan fingerprint density at radius 2 is 2.28 bits per heavy atom. The molecule has 0 aliphatic heterocycles. The highest BCUT2D eigenvalue weighted by Gasteiger charge is 2.13. The Morgan fingerprint density at radius 3 is 2.89 bits per heavy atom. The van der Waals surface area contributed by atoms with Gasteiger partial charge in [0.25, 0.3) is 5.91 Å². The number of H-pyrrole nitrogens is 1. The fraction of sp³-hybridized carbons (Fsp3) is 0. The SMILES string of the molecule is NC(=S)c1cc(F)ccc1NC(=O)c1cn[nH]n1. The topological polar surface area (TPSA) is 96.7 Å². The lowest BCUT2D eigenvalue weighted by Crippen LogP contribution is -2.18. The van der Waals surface area contributed by atoms with Crippen molar-refractivity contribution in [2.75, 3.05) is 5.32 Å². The lowest BCUT2D eigenvalue weighted by molar-refractivity contribution is 0.102. The molecule has 1 aromatic carbocycles. The van der Waals surface area contributed by atoms with Gasteiger partial charge in [0, 0.05) is 5.56 Å². The lowest BCUT2D eigenvalue weighted by atomic mass is 10.1. The minimum absolute atomic E-state index is 0.00930. The first kappa shape index (κ1) is 12.1. The first-order chi connectivity index (χ1) is 8.58. The fourth-order valence-electron chi connectivity index (χ4n) is 1.33. The summed E-state index contributed by atoms with van der Waals surface area (Å²) in [6.07, 6.45) is 1.26. The first-order valence-electron chi connectivity index (χ1n) is 4.84. The van der Waals surface area contributed by atoms with Gasteiger partial charge >= 0.3 is 0 Å².